The van der Waals surface area contributed by atoms with E-state index in [1.165, 1.54) is 6.07 Å². The summed E-state index contributed by atoms with van der Waals surface area (Å²) in [6, 6.07) is 20.1. The molecule has 25 heavy (non-hydrogen) atoms. The van der Waals surface area contributed by atoms with Gasteiger partial charge in [-0.25, -0.2) is 13.1 Å². The fourth-order valence-electron chi connectivity index (χ4n) is 2.77. The van der Waals surface area contributed by atoms with E-state index >= 15 is 0 Å². The number of carboxylic acid groups (broad SMARTS) is 1. The summed E-state index contributed by atoms with van der Waals surface area (Å²) in [6.45, 7) is 0. The minimum absolute atomic E-state index is 0.136. The topological polar surface area (TPSA) is 83.5 Å². The number of rotatable bonds is 6. The van der Waals surface area contributed by atoms with E-state index in [-0.39, 0.29) is 11.3 Å². The maximum Gasteiger partial charge on any atom is 0.305 e. The van der Waals surface area contributed by atoms with Gasteiger partial charge in [0.25, 0.3) is 0 Å². The molecule has 0 aliphatic heterocycles. The van der Waals surface area contributed by atoms with Crippen LogP contribution in [0.15, 0.2) is 77.7 Å². The molecule has 0 bridgehead atoms. The highest BCUT2D eigenvalue weighted by Crippen LogP contribution is 2.25. The molecule has 128 valence electrons. The van der Waals surface area contributed by atoms with Crippen LogP contribution in [-0.2, 0) is 14.8 Å². The summed E-state index contributed by atoms with van der Waals surface area (Å²) >= 11 is 0. The largest absolute Gasteiger partial charge is 0.481 e. The first-order chi connectivity index (χ1) is 12.0. The first kappa shape index (κ1) is 17.1. The van der Waals surface area contributed by atoms with Gasteiger partial charge in [-0.2, -0.15) is 0 Å². The number of hydrogen-bond acceptors (Lipinski definition) is 3. The molecule has 3 aromatic carbocycles. The highest BCUT2D eigenvalue weighted by Gasteiger charge is 2.24. The molecule has 0 aromatic heterocycles. The lowest BCUT2D eigenvalue weighted by atomic mass is 10.1. The second-order valence-electron chi connectivity index (χ2n) is 5.66. The molecule has 0 amide bonds. The predicted molar refractivity (Wildman–Crippen MR) is 95.7 cm³/mol. The number of hydrogen-bond donors (Lipinski definition) is 2. The van der Waals surface area contributed by atoms with Gasteiger partial charge in [-0.3, -0.25) is 4.79 Å². The lowest BCUT2D eigenvalue weighted by molar-refractivity contribution is -0.137. The van der Waals surface area contributed by atoms with Crippen molar-refractivity contribution in [2.75, 3.05) is 0 Å². The summed E-state index contributed by atoms with van der Waals surface area (Å²) in [4.78, 5) is 11.3. The van der Waals surface area contributed by atoms with Crippen LogP contribution in [0.3, 0.4) is 0 Å². The van der Waals surface area contributed by atoms with Crippen molar-refractivity contribution < 1.29 is 18.3 Å². The number of nitrogens with one attached hydrogen (secondary N) is 1. The molecular weight excluding hydrogens is 338 g/mol. The standard InChI is InChI=1S/C19H17NO4S/c21-19(22)13-17(15-8-2-1-3-9-15)20-25(23,24)18-12-6-10-14-7-4-5-11-16(14)18/h1-12,17,20H,13H2,(H,21,22). The number of carboxylic acids is 1. The van der Waals surface area contributed by atoms with Gasteiger partial charge in [0.1, 0.15) is 0 Å². The number of fused-ring (bicyclic) bond motifs is 1. The van der Waals surface area contributed by atoms with Gasteiger partial charge in [0.05, 0.1) is 17.4 Å². The molecule has 6 heteroatoms. The van der Waals surface area contributed by atoms with Crippen LogP contribution in [0, 0.1) is 0 Å². The Morgan fingerprint density at radius 3 is 2.28 bits per heavy atom. The van der Waals surface area contributed by atoms with Gasteiger partial charge in [0.2, 0.25) is 10.0 Å². The van der Waals surface area contributed by atoms with E-state index in [1.807, 2.05) is 18.2 Å². The lowest BCUT2D eigenvalue weighted by Gasteiger charge is -2.18. The Labute approximate surface area is 146 Å². The van der Waals surface area contributed by atoms with E-state index in [1.54, 1.807) is 48.5 Å². The van der Waals surface area contributed by atoms with E-state index < -0.39 is 22.0 Å². The van der Waals surface area contributed by atoms with Crippen LogP contribution in [0.2, 0.25) is 0 Å². The molecule has 0 aliphatic carbocycles. The molecule has 1 unspecified atom stereocenters. The fraction of sp³-hybridized carbons (Fsp3) is 0.105. The Morgan fingerprint density at radius 1 is 0.920 bits per heavy atom. The van der Waals surface area contributed by atoms with Crippen LogP contribution in [0.25, 0.3) is 10.8 Å². The van der Waals surface area contributed by atoms with Crippen LogP contribution in [0.1, 0.15) is 18.0 Å². The van der Waals surface area contributed by atoms with Crippen molar-refractivity contribution in [3.63, 3.8) is 0 Å². The minimum atomic E-state index is -3.89. The summed E-state index contributed by atoms with van der Waals surface area (Å²) in [5.41, 5.74) is 0.605. The second kappa shape index (κ2) is 7.04. The molecule has 5 nitrogen and oxygen atoms in total. The molecule has 0 spiro atoms. The fourth-order valence-corrected chi connectivity index (χ4v) is 4.22. The highest BCUT2D eigenvalue weighted by molar-refractivity contribution is 7.89. The number of sulfonamides is 1. The molecule has 3 rings (SSSR count). The van der Waals surface area contributed by atoms with Crippen LogP contribution >= 0.6 is 0 Å². The van der Waals surface area contributed by atoms with Crippen LogP contribution < -0.4 is 4.72 Å². The first-order valence-electron chi connectivity index (χ1n) is 7.74. The summed E-state index contributed by atoms with van der Waals surface area (Å²) in [5.74, 6) is -1.07. The van der Waals surface area contributed by atoms with Crippen molar-refractivity contribution in [1.82, 2.24) is 4.72 Å². The Hall–Kier alpha value is -2.70. The molecule has 1 atom stereocenters. The van der Waals surface area contributed by atoms with Crippen molar-refractivity contribution in [3.8, 4) is 0 Å². The normalized spacial score (nSPS) is 12.8. The van der Waals surface area contributed by atoms with Gasteiger partial charge in [-0.15, -0.1) is 0 Å². The van der Waals surface area contributed by atoms with Crippen LogP contribution in [0.5, 0.6) is 0 Å². The average Bonchev–Trinajstić information content (AvgIpc) is 2.61. The third kappa shape index (κ3) is 3.87. The van der Waals surface area contributed by atoms with E-state index in [0.29, 0.717) is 10.9 Å². The lowest BCUT2D eigenvalue weighted by Crippen LogP contribution is -2.30. The van der Waals surface area contributed by atoms with E-state index in [0.717, 1.165) is 5.39 Å². The van der Waals surface area contributed by atoms with Crippen molar-refractivity contribution in [2.45, 2.75) is 17.4 Å². The zero-order valence-electron chi connectivity index (χ0n) is 13.3. The Balaban J connectivity index is 2.02. The smallest absolute Gasteiger partial charge is 0.305 e. The van der Waals surface area contributed by atoms with Gasteiger partial charge in [-0.1, -0.05) is 66.7 Å². The van der Waals surface area contributed by atoms with Crippen molar-refractivity contribution in [1.29, 1.82) is 0 Å². The Bertz CT molecular complexity index is 995. The third-order valence-electron chi connectivity index (χ3n) is 3.92. The quantitative estimate of drug-likeness (QED) is 0.710. The summed E-state index contributed by atoms with van der Waals surface area (Å²) < 4.78 is 28.4. The van der Waals surface area contributed by atoms with Gasteiger partial charge in [0.15, 0.2) is 0 Å². The SMILES string of the molecule is O=C(O)CC(NS(=O)(=O)c1cccc2ccccc12)c1ccccc1. The van der Waals surface area contributed by atoms with E-state index in [9.17, 15) is 13.2 Å². The monoisotopic (exact) mass is 355 g/mol. The van der Waals surface area contributed by atoms with Gasteiger partial charge in [0, 0.05) is 5.39 Å². The summed E-state index contributed by atoms with van der Waals surface area (Å²) in [7, 11) is -3.89. The molecule has 0 radical (unpaired) electrons. The highest BCUT2D eigenvalue weighted by atomic mass is 32.2. The predicted octanol–water partition coefficient (Wildman–Crippen LogP) is 3.33. The number of carbonyl (C=O) groups is 1. The van der Waals surface area contributed by atoms with Crippen LogP contribution in [0.4, 0.5) is 0 Å². The van der Waals surface area contributed by atoms with Crippen molar-refractivity contribution >= 4 is 26.8 Å². The summed E-state index contributed by atoms with van der Waals surface area (Å²) in [6.07, 6.45) is -0.339. The molecule has 2 N–H and O–H groups in total. The summed E-state index contributed by atoms with van der Waals surface area (Å²) in [5, 5.41) is 10.6. The molecule has 0 aliphatic rings. The molecule has 3 aromatic rings. The van der Waals surface area contributed by atoms with Gasteiger partial charge < -0.3 is 5.11 Å². The molecule has 0 saturated heterocycles. The zero-order chi connectivity index (χ0) is 17.9. The van der Waals surface area contributed by atoms with Crippen molar-refractivity contribution in [3.05, 3.63) is 78.4 Å². The maximum absolute atomic E-state index is 12.9. The molecular formula is C19H17NO4S. The first-order valence-corrected chi connectivity index (χ1v) is 9.22. The number of benzene rings is 3. The van der Waals surface area contributed by atoms with Gasteiger partial charge in [-0.05, 0) is 17.0 Å². The third-order valence-corrected chi connectivity index (χ3v) is 5.45. The maximum atomic E-state index is 12.9. The average molecular weight is 355 g/mol. The van der Waals surface area contributed by atoms with Crippen LogP contribution in [-0.4, -0.2) is 19.5 Å². The second-order valence-corrected chi connectivity index (χ2v) is 7.34. The van der Waals surface area contributed by atoms with E-state index in [4.69, 9.17) is 5.11 Å². The Kier molecular flexibility index (Phi) is 4.83. The Morgan fingerprint density at radius 2 is 1.56 bits per heavy atom. The van der Waals surface area contributed by atoms with E-state index in [2.05, 4.69) is 4.72 Å². The minimum Gasteiger partial charge on any atom is -0.481 e. The van der Waals surface area contributed by atoms with Crippen molar-refractivity contribution in [2.24, 2.45) is 0 Å². The molecule has 0 fully saturated rings. The molecule has 0 saturated carbocycles. The van der Waals surface area contributed by atoms with Gasteiger partial charge >= 0.3 is 5.97 Å². The number of aliphatic carboxylic acids is 1. The molecule has 0 heterocycles. The zero-order valence-corrected chi connectivity index (χ0v) is 14.1.